The highest BCUT2D eigenvalue weighted by molar-refractivity contribution is 6.00. The number of nitrogens with zero attached hydrogens (tertiary/aromatic N) is 3. The number of methoxy groups -OCH3 is 2. The summed E-state index contributed by atoms with van der Waals surface area (Å²) in [5.74, 6) is -13.2. The Balaban J connectivity index is 2.61. The van der Waals surface area contributed by atoms with Crippen molar-refractivity contribution >= 4 is 11.9 Å². The van der Waals surface area contributed by atoms with Gasteiger partial charge in [0.2, 0.25) is 11.5 Å². The molecule has 12 heteroatoms. The van der Waals surface area contributed by atoms with Crippen LogP contribution in [-0.2, 0) is 16.0 Å². The fourth-order valence-electron chi connectivity index (χ4n) is 1.90. The van der Waals surface area contributed by atoms with Gasteiger partial charge in [-0.1, -0.05) is 5.21 Å². The molecule has 7 nitrogen and oxygen atoms in total. The Morgan fingerprint density at radius 3 is 1.84 bits per heavy atom. The molecule has 0 N–H and O–H groups in total. The second kappa shape index (κ2) is 6.83. The van der Waals surface area contributed by atoms with Crippen LogP contribution in [-0.4, -0.2) is 41.2 Å². The van der Waals surface area contributed by atoms with Gasteiger partial charge in [0.25, 0.3) is 0 Å². The lowest BCUT2D eigenvalue weighted by atomic mass is 10.1. The van der Waals surface area contributed by atoms with Crippen molar-refractivity contribution in [2.45, 2.75) is 6.54 Å². The molecule has 1 aromatic carbocycles. The Morgan fingerprint density at radius 1 is 0.880 bits per heavy atom. The summed E-state index contributed by atoms with van der Waals surface area (Å²) in [4.78, 5) is 23.3. The van der Waals surface area contributed by atoms with E-state index in [9.17, 15) is 31.5 Å². The molecule has 0 radical (unpaired) electrons. The number of hydrogen-bond donors (Lipinski definition) is 0. The summed E-state index contributed by atoms with van der Waals surface area (Å²) >= 11 is 0. The standard InChI is InChI=1S/C13H8F5N3O4/c1-24-12(22)10-11(13(23)25-2)21(20-19-10)3-4-5(14)7(16)9(18)8(17)6(4)15/h3H2,1-2H3. The van der Waals surface area contributed by atoms with Gasteiger partial charge in [0, 0.05) is 0 Å². The van der Waals surface area contributed by atoms with Crippen molar-refractivity contribution in [3.8, 4) is 0 Å². The molecule has 0 atom stereocenters. The molecule has 0 aliphatic heterocycles. The highest BCUT2D eigenvalue weighted by Gasteiger charge is 2.30. The maximum atomic E-state index is 13.7. The van der Waals surface area contributed by atoms with Crippen molar-refractivity contribution < 1.29 is 41.0 Å². The lowest BCUT2D eigenvalue weighted by Crippen LogP contribution is -2.19. The van der Waals surface area contributed by atoms with E-state index in [0.29, 0.717) is 4.68 Å². The number of esters is 2. The van der Waals surface area contributed by atoms with E-state index in [1.165, 1.54) is 0 Å². The molecule has 134 valence electrons. The fourth-order valence-corrected chi connectivity index (χ4v) is 1.90. The molecular formula is C13H8F5N3O4. The van der Waals surface area contributed by atoms with Crippen LogP contribution in [0.2, 0.25) is 0 Å². The molecule has 0 unspecified atom stereocenters. The van der Waals surface area contributed by atoms with Gasteiger partial charge < -0.3 is 9.47 Å². The van der Waals surface area contributed by atoms with Gasteiger partial charge in [0.1, 0.15) is 0 Å². The first-order valence-corrected chi connectivity index (χ1v) is 6.34. The molecule has 0 bridgehead atoms. The smallest absolute Gasteiger partial charge is 0.361 e. The quantitative estimate of drug-likeness (QED) is 0.354. The summed E-state index contributed by atoms with van der Waals surface area (Å²) in [6, 6.07) is 0. The van der Waals surface area contributed by atoms with Gasteiger partial charge in [-0.15, -0.1) is 5.10 Å². The van der Waals surface area contributed by atoms with Crippen LogP contribution in [0, 0.1) is 29.1 Å². The lowest BCUT2D eigenvalue weighted by Gasteiger charge is -2.10. The van der Waals surface area contributed by atoms with E-state index in [0.717, 1.165) is 14.2 Å². The monoisotopic (exact) mass is 365 g/mol. The Kier molecular flexibility index (Phi) is 4.99. The molecule has 1 aromatic heterocycles. The number of hydrogen-bond acceptors (Lipinski definition) is 6. The summed E-state index contributed by atoms with van der Waals surface area (Å²) < 4.78 is 76.2. The van der Waals surface area contributed by atoms with Crippen molar-refractivity contribution in [3.63, 3.8) is 0 Å². The van der Waals surface area contributed by atoms with Crippen molar-refractivity contribution in [3.05, 3.63) is 46.0 Å². The summed E-state index contributed by atoms with van der Waals surface area (Å²) in [5.41, 5.74) is -2.61. The first-order valence-electron chi connectivity index (χ1n) is 6.34. The van der Waals surface area contributed by atoms with Crippen LogP contribution in [0.3, 0.4) is 0 Å². The molecule has 0 aliphatic carbocycles. The van der Waals surface area contributed by atoms with Crippen molar-refractivity contribution in [2.75, 3.05) is 14.2 Å². The van der Waals surface area contributed by atoms with Crippen LogP contribution in [0.15, 0.2) is 0 Å². The minimum absolute atomic E-state index is 0.455. The van der Waals surface area contributed by atoms with Crippen molar-refractivity contribution in [1.29, 1.82) is 0 Å². The average Bonchev–Trinajstić information content (AvgIpc) is 3.04. The molecule has 2 aromatic rings. The van der Waals surface area contributed by atoms with Gasteiger partial charge in [0.05, 0.1) is 26.3 Å². The average molecular weight is 365 g/mol. The number of rotatable bonds is 4. The zero-order valence-electron chi connectivity index (χ0n) is 12.6. The Hall–Kier alpha value is -3.05. The van der Waals surface area contributed by atoms with Crippen molar-refractivity contribution in [1.82, 2.24) is 15.0 Å². The van der Waals surface area contributed by atoms with E-state index in [1.807, 2.05) is 0 Å². The molecule has 2 rings (SSSR count). The molecule has 0 aliphatic rings. The van der Waals surface area contributed by atoms with Gasteiger partial charge in [-0.2, -0.15) is 0 Å². The molecule has 1 heterocycles. The predicted molar refractivity (Wildman–Crippen MR) is 68.0 cm³/mol. The fraction of sp³-hybridized carbons (Fsp3) is 0.231. The second-order valence-corrected chi connectivity index (χ2v) is 4.48. The summed E-state index contributed by atoms with van der Waals surface area (Å²) in [5, 5.41) is 6.61. The Bertz CT molecular complexity index is 839. The van der Waals surface area contributed by atoms with Gasteiger partial charge >= 0.3 is 11.9 Å². The highest BCUT2D eigenvalue weighted by Crippen LogP contribution is 2.24. The second-order valence-electron chi connectivity index (χ2n) is 4.48. The first kappa shape index (κ1) is 18.3. The number of benzene rings is 1. The molecule has 25 heavy (non-hydrogen) atoms. The third-order valence-corrected chi connectivity index (χ3v) is 3.10. The minimum Gasteiger partial charge on any atom is -0.464 e. The Morgan fingerprint density at radius 2 is 1.36 bits per heavy atom. The van der Waals surface area contributed by atoms with Gasteiger partial charge in [-0.25, -0.2) is 36.2 Å². The zero-order chi connectivity index (χ0) is 18.9. The number of aromatic nitrogens is 3. The topological polar surface area (TPSA) is 83.3 Å². The third kappa shape index (κ3) is 3.02. The van der Waals surface area contributed by atoms with Crippen LogP contribution in [0.25, 0.3) is 0 Å². The van der Waals surface area contributed by atoms with Crippen LogP contribution in [0.4, 0.5) is 22.0 Å². The van der Waals surface area contributed by atoms with Gasteiger partial charge in [-0.05, 0) is 0 Å². The third-order valence-electron chi connectivity index (χ3n) is 3.10. The predicted octanol–water partition coefficient (Wildman–Crippen LogP) is 1.60. The molecule has 0 saturated heterocycles. The number of carbonyl (C=O) groups excluding carboxylic acids is 2. The molecule has 0 fully saturated rings. The van der Waals surface area contributed by atoms with E-state index in [4.69, 9.17) is 0 Å². The number of ether oxygens (including phenoxy) is 2. The maximum Gasteiger partial charge on any atom is 0.361 e. The minimum atomic E-state index is -2.33. The molecule has 0 spiro atoms. The van der Waals surface area contributed by atoms with E-state index in [-0.39, 0.29) is 0 Å². The normalized spacial score (nSPS) is 10.7. The van der Waals surface area contributed by atoms with Crippen LogP contribution in [0.5, 0.6) is 0 Å². The lowest BCUT2D eigenvalue weighted by molar-refractivity contribution is 0.0543. The molecule has 0 amide bonds. The first-order chi connectivity index (χ1) is 11.7. The summed E-state index contributed by atoms with van der Waals surface area (Å²) in [7, 11) is 1.89. The van der Waals surface area contributed by atoms with Crippen LogP contribution < -0.4 is 0 Å². The number of halogens is 5. The molecular weight excluding hydrogens is 357 g/mol. The van der Waals surface area contributed by atoms with E-state index < -0.39 is 64.5 Å². The SMILES string of the molecule is COC(=O)c1nnn(Cc2c(F)c(F)c(F)c(F)c2F)c1C(=O)OC. The van der Waals surface area contributed by atoms with Crippen LogP contribution >= 0.6 is 0 Å². The van der Waals surface area contributed by atoms with E-state index in [2.05, 4.69) is 19.8 Å². The summed E-state index contributed by atoms with van der Waals surface area (Å²) in [6.45, 7) is -1.08. The van der Waals surface area contributed by atoms with E-state index in [1.54, 1.807) is 0 Å². The zero-order valence-corrected chi connectivity index (χ0v) is 12.6. The highest BCUT2D eigenvalue weighted by atomic mass is 19.2. The number of carbonyl (C=O) groups is 2. The van der Waals surface area contributed by atoms with Crippen molar-refractivity contribution in [2.24, 2.45) is 0 Å². The summed E-state index contributed by atoms with van der Waals surface area (Å²) in [6.07, 6.45) is 0. The molecule has 0 saturated carbocycles. The van der Waals surface area contributed by atoms with E-state index >= 15 is 0 Å². The maximum absolute atomic E-state index is 13.7. The Labute approximate surface area is 135 Å². The van der Waals surface area contributed by atoms with Gasteiger partial charge in [-0.3, -0.25) is 0 Å². The van der Waals surface area contributed by atoms with Gasteiger partial charge in [0.15, 0.2) is 29.0 Å². The largest absolute Gasteiger partial charge is 0.464 e. The van der Waals surface area contributed by atoms with Crippen LogP contribution in [0.1, 0.15) is 26.5 Å².